The van der Waals surface area contributed by atoms with E-state index in [1.54, 1.807) is 0 Å². The van der Waals surface area contributed by atoms with Crippen molar-refractivity contribution in [1.82, 2.24) is 5.32 Å². The van der Waals surface area contributed by atoms with Gasteiger partial charge < -0.3 is 10.1 Å². The van der Waals surface area contributed by atoms with Crippen LogP contribution in [0.3, 0.4) is 0 Å². The quantitative estimate of drug-likeness (QED) is 0.694. The zero-order chi connectivity index (χ0) is 8.81. The van der Waals surface area contributed by atoms with E-state index in [-0.39, 0.29) is 0 Å². The Morgan fingerprint density at radius 3 is 3.00 bits per heavy atom. The van der Waals surface area contributed by atoms with Crippen LogP contribution in [0.5, 0.6) is 0 Å². The van der Waals surface area contributed by atoms with E-state index in [2.05, 4.69) is 25.2 Å². The zero-order valence-corrected chi connectivity index (χ0v) is 8.10. The van der Waals surface area contributed by atoms with E-state index in [1.807, 2.05) is 0 Å². The number of allylic oxidation sites excluding steroid dienone is 1. The molecule has 0 radical (unpaired) electrons. The molecule has 1 aliphatic rings. The highest BCUT2D eigenvalue weighted by Gasteiger charge is 2.03. The Kier molecular flexibility index (Phi) is 4.15. The molecular formula is C10H19NO. The van der Waals surface area contributed by atoms with Crippen molar-refractivity contribution in [3.63, 3.8) is 0 Å². The van der Waals surface area contributed by atoms with Crippen LogP contribution in [0.4, 0.5) is 0 Å². The lowest BCUT2D eigenvalue weighted by Gasteiger charge is -2.15. The highest BCUT2D eigenvalue weighted by atomic mass is 16.5. The molecule has 0 fully saturated rings. The predicted octanol–water partition coefficient (Wildman–Crippen LogP) is 1.93. The summed E-state index contributed by atoms with van der Waals surface area (Å²) in [4.78, 5) is 0. The fourth-order valence-corrected chi connectivity index (χ4v) is 1.22. The highest BCUT2D eigenvalue weighted by Crippen LogP contribution is 2.08. The Balaban J connectivity index is 2.09. The Hall–Kier alpha value is -0.500. The van der Waals surface area contributed by atoms with Crippen LogP contribution < -0.4 is 5.32 Å². The molecule has 0 unspecified atom stereocenters. The average molecular weight is 169 g/mol. The number of rotatable bonds is 4. The van der Waals surface area contributed by atoms with Gasteiger partial charge >= 0.3 is 0 Å². The Morgan fingerprint density at radius 1 is 1.58 bits per heavy atom. The van der Waals surface area contributed by atoms with Crippen molar-refractivity contribution in [2.45, 2.75) is 26.7 Å². The summed E-state index contributed by atoms with van der Waals surface area (Å²) in [5.74, 6) is 1.84. The molecule has 1 heterocycles. The van der Waals surface area contributed by atoms with Crippen molar-refractivity contribution in [3.8, 4) is 0 Å². The highest BCUT2D eigenvalue weighted by molar-refractivity contribution is 4.97. The van der Waals surface area contributed by atoms with Crippen molar-refractivity contribution in [2.24, 2.45) is 5.92 Å². The summed E-state index contributed by atoms with van der Waals surface area (Å²) in [5, 5.41) is 3.36. The minimum atomic E-state index is 0.717. The van der Waals surface area contributed by atoms with Gasteiger partial charge in [-0.1, -0.05) is 13.8 Å². The lowest BCUT2D eigenvalue weighted by Crippen LogP contribution is -2.23. The molecule has 2 heteroatoms. The van der Waals surface area contributed by atoms with Crippen molar-refractivity contribution in [1.29, 1.82) is 0 Å². The van der Waals surface area contributed by atoms with E-state index in [0.717, 1.165) is 25.5 Å². The van der Waals surface area contributed by atoms with E-state index in [1.165, 1.54) is 12.8 Å². The molecule has 0 atom stereocenters. The van der Waals surface area contributed by atoms with E-state index in [0.29, 0.717) is 5.92 Å². The van der Waals surface area contributed by atoms with Crippen LogP contribution in [0.15, 0.2) is 11.8 Å². The summed E-state index contributed by atoms with van der Waals surface area (Å²) >= 11 is 0. The van der Waals surface area contributed by atoms with Crippen LogP contribution in [0.1, 0.15) is 26.7 Å². The number of hydrogen-bond acceptors (Lipinski definition) is 2. The van der Waals surface area contributed by atoms with Gasteiger partial charge in [-0.05, 0) is 31.4 Å². The second-order valence-electron chi connectivity index (χ2n) is 3.69. The fourth-order valence-electron chi connectivity index (χ4n) is 1.22. The third-order valence-electron chi connectivity index (χ3n) is 1.86. The smallest absolute Gasteiger partial charge is 0.106 e. The van der Waals surface area contributed by atoms with Gasteiger partial charge in [0.1, 0.15) is 5.76 Å². The monoisotopic (exact) mass is 169 g/mol. The van der Waals surface area contributed by atoms with Crippen LogP contribution in [-0.4, -0.2) is 19.7 Å². The predicted molar refractivity (Wildman–Crippen MR) is 51.0 cm³/mol. The lowest BCUT2D eigenvalue weighted by molar-refractivity contribution is 0.186. The molecule has 1 N–H and O–H groups in total. The summed E-state index contributed by atoms with van der Waals surface area (Å²) in [6.45, 7) is 7.29. The van der Waals surface area contributed by atoms with Crippen molar-refractivity contribution < 1.29 is 4.74 Å². The Bertz CT molecular complexity index is 152. The third-order valence-corrected chi connectivity index (χ3v) is 1.86. The molecule has 0 saturated carbocycles. The molecule has 2 nitrogen and oxygen atoms in total. The van der Waals surface area contributed by atoms with Gasteiger partial charge in [-0.2, -0.15) is 0 Å². The van der Waals surface area contributed by atoms with Crippen molar-refractivity contribution in [3.05, 3.63) is 11.8 Å². The first-order chi connectivity index (χ1) is 5.79. The van der Waals surface area contributed by atoms with Gasteiger partial charge in [-0.15, -0.1) is 0 Å². The summed E-state index contributed by atoms with van der Waals surface area (Å²) < 4.78 is 5.46. The molecule has 0 bridgehead atoms. The summed E-state index contributed by atoms with van der Waals surface area (Å²) in [6.07, 6.45) is 4.54. The first kappa shape index (κ1) is 9.59. The molecule has 0 spiro atoms. The molecule has 0 saturated heterocycles. The summed E-state index contributed by atoms with van der Waals surface area (Å²) in [5.41, 5.74) is 0. The van der Waals surface area contributed by atoms with Gasteiger partial charge in [0.05, 0.1) is 13.2 Å². The second kappa shape index (κ2) is 5.20. The topological polar surface area (TPSA) is 21.3 Å². The molecule has 1 aliphatic heterocycles. The molecule has 0 aromatic rings. The molecule has 1 rings (SSSR count). The Morgan fingerprint density at radius 2 is 2.42 bits per heavy atom. The first-order valence-electron chi connectivity index (χ1n) is 4.81. The third kappa shape index (κ3) is 3.77. The largest absolute Gasteiger partial charge is 0.497 e. The maximum absolute atomic E-state index is 5.46. The van der Waals surface area contributed by atoms with Gasteiger partial charge in [-0.25, -0.2) is 0 Å². The van der Waals surface area contributed by atoms with Crippen LogP contribution in [0.2, 0.25) is 0 Å². The minimum Gasteiger partial charge on any atom is -0.497 e. The fraction of sp³-hybridized carbons (Fsp3) is 0.800. The first-order valence-corrected chi connectivity index (χ1v) is 4.81. The second-order valence-corrected chi connectivity index (χ2v) is 3.69. The van der Waals surface area contributed by atoms with Crippen LogP contribution in [0, 0.1) is 5.92 Å². The maximum Gasteiger partial charge on any atom is 0.106 e. The Labute approximate surface area is 75.0 Å². The molecular weight excluding hydrogens is 150 g/mol. The number of hydrogen-bond donors (Lipinski definition) is 1. The van der Waals surface area contributed by atoms with E-state index in [4.69, 9.17) is 4.74 Å². The number of nitrogens with one attached hydrogen (secondary N) is 1. The van der Waals surface area contributed by atoms with E-state index in [9.17, 15) is 0 Å². The van der Waals surface area contributed by atoms with Crippen molar-refractivity contribution in [2.75, 3.05) is 19.7 Å². The van der Waals surface area contributed by atoms with Crippen molar-refractivity contribution >= 4 is 0 Å². The maximum atomic E-state index is 5.46. The summed E-state index contributed by atoms with van der Waals surface area (Å²) in [7, 11) is 0. The molecule has 0 aromatic heterocycles. The van der Waals surface area contributed by atoms with Crippen LogP contribution in [0.25, 0.3) is 0 Å². The van der Waals surface area contributed by atoms with Gasteiger partial charge in [0.25, 0.3) is 0 Å². The molecule has 0 amide bonds. The zero-order valence-electron chi connectivity index (χ0n) is 8.10. The minimum absolute atomic E-state index is 0.717. The van der Waals surface area contributed by atoms with Gasteiger partial charge in [0, 0.05) is 0 Å². The van der Waals surface area contributed by atoms with Crippen LogP contribution >= 0.6 is 0 Å². The SMILES string of the molecule is CC(C)CNCC1=CCCCO1. The number of ether oxygens (including phenoxy) is 1. The molecule has 0 aliphatic carbocycles. The van der Waals surface area contributed by atoms with Gasteiger partial charge in [-0.3, -0.25) is 0 Å². The van der Waals surface area contributed by atoms with Gasteiger partial charge in [0.15, 0.2) is 0 Å². The van der Waals surface area contributed by atoms with Crippen LogP contribution in [-0.2, 0) is 4.74 Å². The van der Waals surface area contributed by atoms with E-state index >= 15 is 0 Å². The molecule has 70 valence electrons. The molecule has 12 heavy (non-hydrogen) atoms. The molecule has 0 aromatic carbocycles. The van der Waals surface area contributed by atoms with Gasteiger partial charge in [0.2, 0.25) is 0 Å². The summed E-state index contributed by atoms with van der Waals surface area (Å²) in [6, 6.07) is 0. The average Bonchev–Trinajstić information content (AvgIpc) is 2.05. The standard InChI is InChI=1S/C10H19NO/c1-9(2)7-11-8-10-5-3-4-6-12-10/h5,9,11H,3-4,6-8H2,1-2H3. The van der Waals surface area contributed by atoms with E-state index < -0.39 is 0 Å². The normalized spacial score (nSPS) is 17.4. The lowest BCUT2D eigenvalue weighted by atomic mass is 10.2.